The number of aldehydes is 2. The summed E-state index contributed by atoms with van der Waals surface area (Å²) in [4.78, 5) is 19.9. The Morgan fingerprint density at radius 1 is 1.10 bits per heavy atom. The number of carbonyl (C=O) groups excluding carboxylic acids is 2. The van der Waals surface area contributed by atoms with Gasteiger partial charge in [0.1, 0.15) is 0 Å². The van der Waals surface area contributed by atoms with Crippen molar-refractivity contribution >= 4 is 12.6 Å². The summed E-state index contributed by atoms with van der Waals surface area (Å²) >= 11 is 0. The molecule has 1 radical (unpaired) electrons. The maximum atomic E-state index is 9.93. The van der Waals surface area contributed by atoms with Crippen molar-refractivity contribution in [3.8, 4) is 0 Å². The van der Waals surface area contributed by atoms with E-state index < -0.39 is 0 Å². The number of furan rings is 1. The molecule has 1 aromatic rings. The monoisotopic (exact) mass is 187 g/mol. The first-order chi connectivity index (χ1) is 4.36. The van der Waals surface area contributed by atoms with Gasteiger partial charge in [0.15, 0.2) is 24.1 Å². The second kappa shape index (κ2) is 4.04. The van der Waals surface area contributed by atoms with Gasteiger partial charge in [-0.15, -0.1) is 0 Å². The second-order valence-electron chi connectivity index (χ2n) is 1.48. The van der Waals surface area contributed by atoms with Gasteiger partial charge in [0, 0.05) is 17.1 Å². The van der Waals surface area contributed by atoms with E-state index in [1.807, 2.05) is 0 Å². The van der Waals surface area contributed by atoms with Crippen molar-refractivity contribution in [2.75, 3.05) is 0 Å². The van der Waals surface area contributed by atoms with E-state index in [1.54, 1.807) is 0 Å². The number of hydrogen-bond donors (Lipinski definition) is 0. The quantitative estimate of drug-likeness (QED) is 0.511. The molecular weight excluding hydrogens is 184 g/mol. The van der Waals surface area contributed by atoms with Crippen LogP contribution in [0, 0.1) is 0 Å². The number of hydrogen-bond acceptors (Lipinski definition) is 3. The van der Waals surface area contributed by atoms with Crippen LogP contribution in [-0.4, -0.2) is 12.6 Å². The number of carbonyl (C=O) groups is 2. The topological polar surface area (TPSA) is 47.3 Å². The van der Waals surface area contributed by atoms with Crippen LogP contribution in [0.4, 0.5) is 0 Å². The summed E-state index contributed by atoms with van der Waals surface area (Å²) in [5, 5.41) is 0. The SMILES string of the molecule is O=Cc1ccc(C=O)o1.[Cu]. The van der Waals surface area contributed by atoms with E-state index in [2.05, 4.69) is 4.42 Å². The van der Waals surface area contributed by atoms with Crippen LogP contribution in [0.3, 0.4) is 0 Å². The molecule has 0 N–H and O–H groups in total. The van der Waals surface area contributed by atoms with E-state index in [4.69, 9.17) is 0 Å². The van der Waals surface area contributed by atoms with Crippen LogP contribution in [0.25, 0.3) is 0 Å². The Morgan fingerprint density at radius 3 is 1.70 bits per heavy atom. The van der Waals surface area contributed by atoms with Crippen molar-refractivity contribution < 1.29 is 31.1 Å². The molecule has 1 aromatic heterocycles. The van der Waals surface area contributed by atoms with Crippen LogP contribution in [0.15, 0.2) is 16.5 Å². The molecule has 0 aliphatic carbocycles. The van der Waals surface area contributed by atoms with Crippen molar-refractivity contribution in [3.63, 3.8) is 0 Å². The van der Waals surface area contributed by atoms with Gasteiger partial charge in [-0.2, -0.15) is 0 Å². The molecular formula is C6H4CuO3. The maximum absolute atomic E-state index is 9.93. The van der Waals surface area contributed by atoms with Gasteiger partial charge >= 0.3 is 0 Å². The molecule has 0 amide bonds. The van der Waals surface area contributed by atoms with E-state index in [0.717, 1.165) is 0 Å². The predicted octanol–water partition coefficient (Wildman–Crippen LogP) is 0.902. The van der Waals surface area contributed by atoms with Gasteiger partial charge < -0.3 is 4.42 Å². The molecule has 0 bridgehead atoms. The molecule has 10 heavy (non-hydrogen) atoms. The van der Waals surface area contributed by atoms with Gasteiger partial charge in [-0.3, -0.25) is 9.59 Å². The molecule has 57 valence electrons. The van der Waals surface area contributed by atoms with Gasteiger partial charge in [-0.1, -0.05) is 0 Å². The molecule has 0 saturated carbocycles. The van der Waals surface area contributed by atoms with Crippen LogP contribution in [0.2, 0.25) is 0 Å². The minimum atomic E-state index is 0. The summed E-state index contributed by atoms with van der Waals surface area (Å²) in [7, 11) is 0. The van der Waals surface area contributed by atoms with E-state index in [0.29, 0.717) is 12.6 Å². The summed E-state index contributed by atoms with van der Waals surface area (Å²) in [6, 6.07) is 2.88. The van der Waals surface area contributed by atoms with Crippen molar-refractivity contribution in [3.05, 3.63) is 23.7 Å². The minimum Gasteiger partial charge on any atom is -0.450 e. The average molecular weight is 188 g/mol. The Hall–Kier alpha value is -0.861. The van der Waals surface area contributed by atoms with Crippen LogP contribution in [-0.2, 0) is 17.1 Å². The van der Waals surface area contributed by atoms with Gasteiger partial charge in [-0.05, 0) is 12.1 Å². The average Bonchev–Trinajstić information content (AvgIpc) is 2.34. The van der Waals surface area contributed by atoms with Crippen molar-refractivity contribution in [1.82, 2.24) is 0 Å². The Morgan fingerprint density at radius 2 is 1.50 bits per heavy atom. The molecule has 0 spiro atoms. The molecule has 0 aliphatic heterocycles. The Bertz CT molecular complexity index is 206. The molecule has 1 heterocycles. The summed E-state index contributed by atoms with van der Waals surface area (Å²) in [6.07, 6.45) is 1.10. The Labute approximate surface area is 67.9 Å². The summed E-state index contributed by atoms with van der Waals surface area (Å²) in [6.45, 7) is 0. The zero-order chi connectivity index (χ0) is 6.69. The smallest absolute Gasteiger partial charge is 0.185 e. The van der Waals surface area contributed by atoms with E-state index >= 15 is 0 Å². The van der Waals surface area contributed by atoms with Crippen LogP contribution >= 0.6 is 0 Å². The van der Waals surface area contributed by atoms with Crippen LogP contribution in [0.5, 0.6) is 0 Å². The first kappa shape index (κ1) is 9.14. The molecule has 0 aromatic carbocycles. The van der Waals surface area contributed by atoms with E-state index in [9.17, 15) is 9.59 Å². The molecule has 3 nitrogen and oxygen atoms in total. The fraction of sp³-hybridized carbons (Fsp3) is 0. The van der Waals surface area contributed by atoms with Gasteiger partial charge in [0.25, 0.3) is 0 Å². The molecule has 0 aliphatic rings. The molecule has 4 heteroatoms. The zero-order valence-electron chi connectivity index (χ0n) is 4.84. The van der Waals surface area contributed by atoms with Crippen molar-refractivity contribution in [1.29, 1.82) is 0 Å². The van der Waals surface area contributed by atoms with Crippen LogP contribution in [0.1, 0.15) is 21.1 Å². The summed E-state index contributed by atoms with van der Waals surface area (Å²) in [5.74, 6) is 0.356. The minimum absolute atomic E-state index is 0. The van der Waals surface area contributed by atoms with E-state index in [1.165, 1.54) is 12.1 Å². The zero-order valence-corrected chi connectivity index (χ0v) is 5.78. The van der Waals surface area contributed by atoms with Crippen LogP contribution < -0.4 is 0 Å². The molecule has 1 rings (SSSR count). The third-order valence-electron chi connectivity index (χ3n) is 0.880. The first-order valence-electron chi connectivity index (χ1n) is 2.37. The molecule has 0 saturated heterocycles. The van der Waals surface area contributed by atoms with Crippen molar-refractivity contribution in [2.45, 2.75) is 0 Å². The Kier molecular flexibility index (Phi) is 3.69. The maximum Gasteiger partial charge on any atom is 0.185 e. The standard InChI is InChI=1S/C6H4O3.Cu/c7-3-5-1-2-6(4-8)9-5;/h1-4H;. The summed E-state index contributed by atoms with van der Waals surface area (Å²) < 4.78 is 4.65. The first-order valence-corrected chi connectivity index (χ1v) is 2.37. The normalized spacial score (nSPS) is 8.00. The number of rotatable bonds is 2. The molecule has 0 fully saturated rings. The summed E-state index contributed by atoms with van der Waals surface area (Å²) in [5.41, 5.74) is 0. The van der Waals surface area contributed by atoms with Gasteiger partial charge in [-0.25, -0.2) is 0 Å². The molecule has 0 atom stereocenters. The van der Waals surface area contributed by atoms with E-state index in [-0.39, 0.29) is 28.6 Å². The second-order valence-corrected chi connectivity index (χ2v) is 1.48. The fourth-order valence-electron chi connectivity index (χ4n) is 0.495. The van der Waals surface area contributed by atoms with Crippen molar-refractivity contribution in [2.24, 2.45) is 0 Å². The van der Waals surface area contributed by atoms with Gasteiger partial charge in [0.2, 0.25) is 0 Å². The fourth-order valence-corrected chi connectivity index (χ4v) is 0.495. The third-order valence-corrected chi connectivity index (χ3v) is 0.880. The van der Waals surface area contributed by atoms with Gasteiger partial charge in [0.05, 0.1) is 0 Å². The third kappa shape index (κ3) is 1.83. The molecule has 0 unspecified atom stereocenters. The Balaban J connectivity index is 0.000000810. The largest absolute Gasteiger partial charge is 0.450 e. The predicted molar refractivity (Wildman–Crippen MR) is 29.5 cm³/mol.